The quantitative estimate of drug-likeness (QED) is 0.242. The van der Waals surface area contributed by atoms with E-state index >= 15 is 0 Å². The molecule has 2 heterocycles. The van der Waals surface area contributed by atoms with Crippen molar-refractivity contribution in [2.45, 2.75) is 34.7 Å². The highest BCUT2D eigenvalue weighted by atomic mass is 32.2. The summed E-state index contributed by atoms with van der Waals surface area (Å²) in [5.41, 5.74) is 7.74. The number of aromatic nitrogens is 6. The summed E-state index contributed by atoms with van der Waals surface area (Å²) in [4.78, 5) is 6.14. The molecule has 33 heavy (non-hydrogen) atoms. The molecule has 0 radical (unpaired) electrons. The van der Waals surface area contributed by atoms with Crippen molar-refractivity contribution in [2.24, 2.45) is 10.9 Å². The smallest absolute Gasteiger partial charge is 0.242 e. The molecular formula is C18H19N9O4S2. The van der Waals surface area contributed by atoms with E-state index in [-0.39, 0.29) is 17.4 Å². The van der Waals surface area contributed by atoms with Crippen molar-refractivity contribution in [1.29, 1.82) is 0 Å². The molecular weight excluding hydrogens is 470 g/mol. The summed E-state index contributed by atoms with van der Waals surface area (Å²) >= 11 is 0. The Bertz CT molecular complexity index is 1560. The number of para-hydroxylation sites is 1. The van der Waals surface area contributed by atoms with Crippen molar-refractivity contribution in [3.05, 3.63) is 36.7 Å². The molecule has 0 aliphatic heterocycles. The Kier molecular flexibility index (Phi) is 5.02. The van der Waals surface area contributed by atoms with Crippen molar-refractivity contribution in [1.82, 2.24) is 35.3 Å². The van der Waals surface area contributed by atoms with Crippen LogP contribution in [0.1, 0.15) is 12.8 Å². The number of aromatic amines is 2. The largest absolute Gasteiger partial charge is 0.345 e. The second kappa shape index (κ2) is 7.67. The first-order valence-electron chi connectivity index (χ1n) is 9.79. The van der Waals surface area contributed by atoms with Crippen LogP contribution in [0.5, 0.6) is 0 Å². The zero-order chi connectivity index (χ0) is 23.4. The van der Waals surface area contributed by atoms with Crippen LogP contribution >= 0.6 is 0 Å². The van der Waals surface area contributed by atoms with E-state index in [0.29, 0.717) is 35.0 Å². The Morgan fingerprint density at radius 1 is 1.06 bits per heavy atom. The number of hydrogen-bond acceptors (Lipinski definition) is 9. The molecule has 1 aliphatic carbocycles. The zero-order valence-corrected chi connectivity index (χ0v) is 18.6. The summed E-state index contributed by atoms with van der Waals surface area (Å²) in [6.45, 7) is 0. The minimum atomic E-state index is -4.57. The van der Waals surface area contributed by atoms with Gasteiger partial charge in [-0.2, -0.15) is 5.21 Å². The van der Waals surface area contributed by atoms with Gasteiger partial charge in [-0.05, 0) is 35.8 Å². The molecule has 7 N–H and O–H groups in total. The van der Waals surface area contributed by atoms with Gasteiger partial charge >= 0.3 is 0 Å². The lowest BCUT2D eigenvalue weighted by atomic mass is 9.89. The Hall–Kier alpha value is -3.24. The average Bonchev–Trinajstić information content (AvgIpc) is 3.42. The van der Waals surface area contributed by atoms with Crippen molar-refractivity contribution in [2.75, 3.05) is 0 Å². The van der Waals surface area contributed by atoms with Crippen LogP contribution in [-0.4, -0.2) is 59.5 Å². The minimum Gasteiger partial charge on any atom is -0.345 e. The average molecular weight is 490 g/mol. The second-order valence-corrected chi connectivity index (χ2v) is 10.9. The topological polar surface area (TPSA) is 215 Å². The number of hydrogen-bond donors (Lipinski definition) is 5. The summed E-state index contributed by atoms with van der Waals surface area (Å²) in [6.07, 6.45) is 2.39. The van der Waals surface area contributed by atoms with Gasteiger partial charge in [0.25, 0.3) is 0 Å². The third-order valence-corrected chi connectivity index (χ3v) is 8.19. The number of imidazole rings is 1. The van der Waals surface area contributed by atoms with E-state index in [4.69, 9.17) is 10.9 Å². The lowest BCUT2D eigenvalue weighted by molar-refractivity contribution is 0.327. The number of fused-ring (bicyclic) bond motifs is 1. The van der Waals surface area contributed by atoms with Gasteiger partial charge in [-0.3, -0.25) is 0 Å². The van der Waals surface area contributed by atoms with E-state index in [1.165, 1.54) is 18.5 Å². The number of benzene rings is 2. The summed E-state index contributed by atoms with van der Waals surface area (Å²) < 4.78 is 54.5. The van der Waals surface area contributed by atoms with Crippen LogP contribution in [0.15, 0.2) is 46.5 Å². The van der Waals surface area contributed by atoms with E-state index in [0.717, 1.165) is 0 Å². The standard InChI is InChI=1S/C18H19N9O4S2/c19-9-6-10(7-9)25-33(30,31)14-5-4-11(12-2-1-3-13-16(12)22-8-21-13)15(17(14)32(20,28)29)18-23-26-27-24-18/h1-5,8-10,25H,6-7,19H2,(H,21,22)(H2,20,28,29)(H,23,24,26,27). The number of tetrazole rings is 1. The van der Waals surface area contributed by atoms with E-state index in [2.05, 4.69) is 35.3 Å². The molecule has 2 aromatic carbocycles. The van der Waals surface area contributed by atoms with Crippen LogP contribution in [0.25, 0.3) is 33.5 Å². The van der Waals surface area contributed by atoms with Gasteiger partial charge in [-0.25, -0.2) is 31.7 Å². The maximum Gasteiger partial charge on any atom is 0.242 e. The highest BCUT2D eigenvalue weighted by molar-refractivity contribution is 7.92. The number of H-pyrrole nitrogens is 2. The Labute approximate surface area is 188 Å². The van der Waals surface area contributed by atoms with E-state index in [9.17, 15) is 16.8 Å². The van der Waals surface area contributed by atoms with Crippen LogP contribution in [0.2, 0.25) is 0 Å². The van der Waals surface area contributed by atoms with Gasteiger partial charge in [0.1, 0.15) is 9.79 Å². The molecule has 172 valence electrons. The van der Waals surface area contributed by atoms with Crippen LogP contribution in [-0.2, 0) is 20.0 Å². The van der Waals surface area contributed by atoms with Gasteiger partial charge in [0.15, 0.2) is 0 Å². The van der Waals surface area contributed by atoms with Crippen LogP contribution in [0.4, 0.5) is 0 Å². The number of rotatable bonds is 6. The normalized spacial score (nSPS) is 19.0. The molecule has 1 fully saturated rings. The maximum atomic E-state index is 13.2. The Morgan fingerprint density at radius 2 is 1.85 bits per heavy atom. The lowest BCUT2D eigenvalue weighted by Gasteiger charge is -2.32. The fourth-order valence-electron chi connectivity index (χ4n) is 4.00. The molecule has 5 rings (SSSR count). The number of nitrogens with one attached hydrogen (secondary N) is 3. The van der Waals surface area contributed by atoms with Gasteiger partial charge in [0, 0.05) is 17.6 Å². The molecule has 0 saturated heterocycles. The fraction of sp³-hybridized carbons (Fsp3) is 0.222. The van der Waals surface area contributed by atoms with Crippen molar-refractivity contribution < 1.29 is 16.8 Å². The highest BCUT2D eigenvalue weighted by Crippen LogP contribution is 2.40. The monoisotopic (exact) mass is 489 g/mol. The number of nitrogens with two attached hydrogens (primary N) is 2. The minimum absolute atomic E-state index is 0.102. The summed E-state index contributed by atoms with van der Waals surface area (Å²) in [5.74, 6) is -0.135. The first kappa shape index (κ1) is 21.6. The lowest BCUT2D eigenvalue weighted by Crippen LogP contribution is -2.50. The maximum absolute atomic E-state index is 13.2. The van der Waals surface area contributed by atoms with Crippen LogP contribution in [0, 0.1) is 0 Å². The highest BCUT2D eigenvalue weighted by Gasteiger charge is 2.36. The van der Waals surface area contributed by atoms with Crippen LogP contribution < -0.4 is 15.6 Å². The molecule has 0 amide bonds. The molecule has 1 aliphatic rings. The number of nitrogens with zero attached hydrogens (tertiary/aromatic N) is 4. The van der Waals surface area contributed by atoms with Gasteiger partial charge in [-0.1, -0.05) is 18.2 Å². The first-order valence-corrected chi connectivity index (χ1v) is 12.8. The second-order valence-electron chi connectivity index (χ2n) is 7.75. The fourth-order valence-corrected chi connectivity index (χ4v) is 6.86. The van der Waals surface area contributed by atoms with Gasteiger partial charge < -0.3 is 10.7 Å². The van der Waals surface area contributed by atoms with E-state index in [1.54, 1.807) is 18.2 Å². The molecule has 2 aromatic heterocycles. The third-order valence-electron chi connectivity index (χ3n) is 5.50. The molecule has 4 aromatic rings. The van der Waals surface area contributed by atoms with Crippen molar-refractivity contribution in [3.63, 3.8) is 0 Å². The van der Waals surface area contributed by atoms with Gasteiger partial charge in [0.05, 0.1) is 22.9 Å². The zero-order valence-electron chi connectivity index (χ0n) is 16.9. The summed E-state index contributed by atoms with van der Waals surface area (Å²) in [5, 5.41) is 19.1. The molecule has 15 heteroatoms. The SMILES string of the molecule is NC1CC(NS(=O)(=O)c2ccc(-c3cccc4[nH]cnc34)c(-c3nn[nH]n3)c2S(N)(=O)=O)C1. The molecule has 0 unspecified atom stereocenters. The summed E-state index contributed by atoms with van der Waals surface area (Å²) in [7, 11) is -8.85. The third kappa shape index (κ3) is 3.79. The number of sulfonamides is 2. The molecule has 1 saturated carbocycles. The van der Waals surface area contributed by atoms with Crippen molar-refractivity contribution >= 4 is 31.1 Å². The predicted molar refractivity (Wildman–Crippen MR) is 117 cm³/mol. The molecule has 0 atom stereocenters. The molecule has 0 spiro atoms. The van der Waals surface area contributed by atoms with E-state index in [1.807, 2.05) is 0 Å². The van der Waals surface area contributed by atoms with Gasteiger partial charge in [0.2, 0.25) is 25.9 Å². The van der Waals surface area contributed by atoms with Crippen molar-refractivity contribution in [3.8, 4) is 22.5 Å². The molecule has 13 nitrogen and oxygen atoms in total. The Morgan fingerprint density at radius 3 is 2.52 bits per heavy atom. The van der Waals surface area contributed by atoms with Crippen LogP contribution in [0.3, 0.4) is 0 Å². The predicted octanol–water partition coefficient (Wildman–Crippen LogP) is -0.175. The number of primary sulfonamides is 1. The van der Waals surface area contributed by atoms with E-state index < -0.39 is 35.9 Å². The first-order chi connectivity index (χ1) is 15.6. The van der Waals surface area contributed by atoms with Gasteiger partial charge in [-0.15, -0.1) is 10.2 Å². The Balaban J connectivity index is 1.81. The molecule has 0 bridgehead atoms. The summed E-state index contributed by atoms with van der Waals surface area (Å²) in [6, 6.07) is 7.43.